The fourth-order valence-electron chi connectivity index (χ4n) is 20.4. The summed E-state index contributed by atoms with van der Waals surface area (Å²) in [6, 6.07) is 0. The van der Waals surface area contributed by atoms with Gasteiger partial charge in [0.05, 0.1) is 80.4 Å². The summed E-state index contributed by atoms with van der Waals surface area (Å²) in [6.45, 7) is 24.3. The molecular weight excluding hydrogens is 1800 g/mol. The van der Waals surface area contributed by atoms with E-state index in [9.17, 15) is 115 Å². The van der Waals surface area contributed by atoms with E-state index in [4.69, 9.17) is 68.3 Å². The molecule has 5 amide bonds. The van der Waals surface area contributed by atoms with Gasteiger partial charge in [-0.05, 0) is 98.3 Å². The van der Waals surface area contributed by atoms with Gasteiger partial charge >= 0.3 is 41.8 Å². The Kier molecular flexibility index (Phi) is 29.5. The molecule has 0 aromatic rings. The molecule has 706 valence electrons. The van der Waals surface area contributed by atoms with Gasteiger partial charge in [0.25, 0.3) is 57.1 Å². The maximum atomic E-state index is 12.7. The lowest BCUT2D eigenvalue weighted by Crippen LogP contribution is -2.50. The van der Waals surface area contributed by atoms with Crippen molar-refractivity contribution < 1.29 is 183 Å². The Bertz CT molecular complexity index is 5120. The van der Waals surface area contributed by atoms with Crippen molar-refractivity contribution in [1.29, 1.82) is 0 Å². The summed E-state index contributed by atoms with van der Waals surface area (Å²) in [5.41, 5.74) is -2.63. The largest absolute Gasteiger partial charge is 0.469 e. The number of hydrogen-bond acceptors (Lipinski definition) is 40. The quantitative estimate of drug-likeness (QED) is 0.00826. The summed E-state index contributed by atoms with van der Waals surface area (Å²) in [5, 5.41) is 27.8. The standard InChI is InChI=1S/C19H25NO10S.C16H23NO7S.C15H21NO8S.C15H19NO8S.C12H15NO7S/c1-11(2)17(24)20-7-14(23)29-15-16-19(4-5-27-10-21)8-18(15,9-28-12(3)22)6-13(19)31(25,26)30-16;1-9(2)16(19)17-4-6-22-13(18)3-5-23-14-10-7-11-12(8-10)25(20,21)24-15(11)14;1-8(2)13(20)16-4-10(19)23-11-12-15(7-18)5-14(11,6-17)3-9(15)25(21,22)24-12;1-6(2)14(18)16-5-9(17)23-11-7-4-8-12(11)24-25(20,21)13(8)10(7)15(19)22-3;1-5(2)12(15)13-4-8(14)19-9-6-3-7-10(18-6)11(9)20-21(7,16)17/h10,13,15-16H,1,4-9H2,2-3H3,(H,20,24);10-12,14-15H,1,3-8H2,2H3,(H,17,19);9,11-12,17-18H,1,3-7H2,2H3,(H,16,20);7-8,10-13H,1,4-5H2,2-3H3,(H,16,18);6-7,9-11H,1,3-4H2,2H3,(H,13,15). The molecular formula is C77H103N5O40S5. The number of fused-ring (bicyclic) bond motifs is 5. The topological polar surface area (TPSA) is 632 Å². The van der Waals surface area contributed by atoms with Crippen molar-refractivity contribution in [2.75, 3.05) is 79.5 Å². The highest BCUT2D eigenvalue weighted by Gasteiger charge is 2.81. The SMILES string of the molecule is C=C(C)C(=O)NCC(=O)OC1C2CC3C(O2)C1OS3(=O)=O.C=C(C)C(=O)NCC(=O)OC1C2CC3C1OS(=O)(=O)C3C2C(=O)OC.C=C(C)C(=O)NCC(=O)OC1C2OS(=O)(=O)C3CC1(CO)CC23CO.C=C(C)C(=O)NCC(=O)OC1C2OS(=O)(=O)C3CC1(COC(C)=O)CC23CCOC=O.C=C(C)C(=O)NCCOC(=O)CCOC1C2CC3C1OS(=O)(=O)C3C2. The number of rotatable bonds is 33. The molecule has 50 heteroatoms. The van der Waals surface area contributed by atoms with E-state index in [-0.39, 0.29) is 149 Å². The Morgan fingerprint density at radius 2 is 0.937 bits per heavy atom. The molecule has 10 bridgehead atoms. The van der Waals surface area contributed by atoms with E-state index in [0.717, 1.165) is 6.42 Å². The molecule has 7 N–H and O–H groups in total. The fourth-order valence-corrected chi connectivity index (χ4v) is 30.3. The minimum Gasteiger partial charge on any atom is -0.469 e. The summed E-state index contributed by atoms with van der Waals surface area (Å²) in [6.07, 6.45) is -6.07. The zero-order chi connectivity index (χ0) is 93.7. The van der Waals surface area contributed by atoms with Gasteiger partial charge in [-0.15, -0.1) is 0 Å². The van der Waals surface area contributed by atoms with Crippen LogP contribution in [0.4, 0.5) is 0 Å². The number of aliphatic hydroxyl groups excluding tert-OH is 2. The number of carbonyl (C=O) groups excluding carboxylic acids is 13. The Balaban J connectivity index is 0.000000155. The van der Waals surface area contributed by atoms with Crippen LogP contribution in [0.25, 0.3) is 0 Å². The maximum absolute atomic E-state index is 12.7. The van der Waals surface area contributed by atoms with Crippen LogP contribution in [0.3, 0.4) is 0 Å². The second-order valence-corrected chi connectivity index (χ2v) is 43.1. The summed E-state index contributed by atoms with van der Waals surface area (Å²) >= 11 is 0. The predicted molar refractivity (Wildman–Crippen MR) is 424 cm³/mol. The van der Waals surface area contributed by atoms with E-state index >= 15 is 0 Å². The van der Waals surface area contributed by atoms with Gasteiger partial charge in [-0.2, -0.15) is 42.1 Å². The maximum Gasteiger partial charge on any atom is 0.325 e. The van der Waals surface area contributed by atoms with E-state index < -0.39 is 270 Å². The van der Waals surface area contributed by atoms with Crippen LogP contribution in [0, 0.1) is 51.2 Å². The van der Waals surface area contributed by atoms with Gasteiger partial charge in [0.15, 0.2) is 6.10 Å². The molecule has 15 fully saturated rings. The number of aliphatic hydroxyl groups is 2. The molecule has 8 saturated carbocycles. The third kappa shape index (κ3) is 19.7. The van der Waals surface area contributed by atoms with Gasteiger partial charge < -0.3 is 84.2 Å². The molecule has 8 aliphatic carbocycles. The molecule has 26 atom stereocenters. The molecule has 0 spiro atoms. The molecule has 26 unspecified atom stereocenters. The van der Waals surface area contributed by atoms with Gasteiger partial charge in [-0.3, -0.25) is 83.2 Å². The smallest absolute Gasteiger partial charge is 0.325 e. The fraction of sp³-hybridized carbons (Fsp3) is 0.701. The Morgan fingerprint density at radius 3 is 1.46 bits per heavy atom. The lowest BCUT2D eigenvalue weighted by molar-refractivity contribution is -0.168. The van der Waals surface area contributed by atoms with Gasteiger partial charge in [-0.1, -0.05) is 32.9 Å². The van der Waals surface area contributed by atoms with Crippen molar-refractivity contribution in [1.82, 2.24) is 26.6 Å². The average molecular weight is 1900 g/mol. The zero-order valence-electron chi connectivity index (χ0n) is 70.1. The third-order valence-corrected chi connectivity index (χ3v) is 34.7. The van der Waals surface area contributed by atoms with Crippen LogP contribution in [0.5, 0.6) is 0 Å². The minimum absolute atomic E-state index is 0.0314. The Morgan fingerprint density at radius 1 is 0.465 bits per heavy atom. The van der Waals surface area contributed by atoms with Crippen molar-refractivity contribution in [3.05, 3.63) is 60.8 Å². The number of nitrogens with one attached hydrogen (secondary N) is 5. The number of carbonyl (C=O) groups is 13. The van der Waals surface area contributed by atoms with Crippen molar-refractivity contribution in [3.63, 3.8) is 0 Å². The van der Waals surface area contributed by atoms with Crippen molar-refractivity contribution in [3.8, 4) is 0 Å². The van der Waals surface area contributed by atoms with Crippen LogP contribution in [-0.2, 0) is 181 Å². The molecule has 127 heavy (non-hydrogen) atoms. The molecule has 15 rings (SSSR count). The van der Waals surface area contributed by atoms with Crippen LogP contribution in [0.1, 0.15) is 106 Å². The lowest BCUT2D eigenvalue weighted by Gasteiger charge is -2.37. The molecule has 45 nitrogen and oxygen atoms in total. The van der Waals surface area contributed by atoms with Crippen molar-refractivity contribution >= 4 is 128 Å². The number of hydrogen-bond donors (Lipinski definition) is 7. The highest BCUT2D eigenvalue weighted by molar-refractivity contribution is 7.88. The van der Waals surface area contributed by atoms with E-state index in [2.05, 4.69) is 59.5 Å². The molecule has 7 saturated heterocycles. The first kappa shape index (κ1) is 98.8. The van der Waals surface area contributed by atoms with Gasteiger partial charge in [0.2, 0.25) is 29.5 Å². The van der Waals surface area contributed by atoms with E-state index in [1.807, 2.05) is 0 Å². The predicted octanol–water partition coefficient (Wildman–Crippen LogP) is -3.83. The van der Waals surface area contributed by atoms with Crippen LogP contribution in [-0.4, -0.2) is 309 Å². The van der Waals surface area contributed by atoms with E-state index in [1.165, 1.54) is 41.7 Å². The number of ether oxygens (including phenoxy) is 10. The highest BCUT2D eigenvalue weighted by Crippen LogP contribution is 2.71. The second-order valence-electron chi connectivity index (χ2n) is 34.3. The average Bonchev–Trinajstić information content (AvgIpc) is 1.50. The minimum atomic E-state index is -3.97. The molecule has 7 heterocycles. The lowest BCUT2D eigenvalue weighted by atomic mass is 9.76. The highest BCUT2D eigenvalue weighted by atomic mass is 32.2. The van der Waals surface area contributed by atoms with Crippen LogP contribution >= 0.6 is 0 Å². The van der Waals surface area contributed by atoms with Crippen LogP contribution in [0.2, 0.25) is 0 Å². The molecule has 15 aliphatic rings. The second kappa shape index (κ2) is 38.0. The van der Waals surface area contributed by atoms with Gasteiger partial charge in [-0.25, -0.2) is 0 Å². The summed E-state index contributed by atoms with van der Waals surface area (Å²) in [5.74, 6) is -8.44. The van der Waals surface area contributed by atoms with Crippen LogP contribution in [0.15, 0.2) is 60.8 Å². The number of amides is 5. The summed E-state index contributed by atoms with van der Waals surface area (Å²) in [7, 11) is -17.7. The Labute approximate surface area is 730 Å². The molecule has 7 aliphatic heterocycles. The Hall–Kier alpha value is -8.80. The van der Waals surface area contributed by atoms with E-state index in [1.54, 1.807) is 6.92 Å². The molecule has 0 radical (unpaired) electrons. The van der Waals surface area contributed by atoms with Crippen LogP contribution < -0.4 is 26.6 Å². The van der Waals surface area contributed by atoms with Gasteiger partial charge in [0, 0.05) is 74.2 Å². The summed E-state index contributed by atoms with van der Waals surface area (Å²) < 4.78 is 200. The normalized spacial score (nSPS) is 36.4. The third-order valence-electron chi connectivity index (χ3n) is 25.9. The molecule has 0 aromatic heterocycles. The van der Waals surface area contributed by atoms with E-state index in [0.29, 0.717) is 18.4 Å². The number of esters is 7. The van der Waals surface area contributed by atoms with Crippen molar-refractivity contribution in [2.24, 2.45) is 51.2 Å². The molecule has 0 aromatic carbocycles. The van der Waals surface area contributed by atoms with Gasteiger partial charge in [0.1, 0.15) is 105 Å². The first-order chi connectivity index (χ1) is 59.3. The first-order valence-electron chi connectivity index (χ1n) is 40.3. The summed E-state index contributed by atoms with van der Waals surface area (Å²) in [4.78, 5) is 151. The van der Waals surface area contributed by atoms with Crippen molar-refractivity contribution in [2.45, 2.75) is 205 Å². The first-order valence-corrected chi connectivity index (χ1v) is 47.7. The monoisotopic (exact) mass is 1900 g/mol. The zero-order valence-corrected chi connectivity index (χ0v) is 74.2. The number of methoxy groups -OCH3 is 1.